The highest BCUT2D eigenvalue weighted by Crippen LogP contribution is 2.16. The summed E-state index contributed by atoms with van der Waals surface area (Å²) in [5, 5.41) is 3.38. The van der Waals surface area contributed by atoms with Gasteiger partial charge in [0.2, 0.25) is 0 Å². The largest absolute Gasteiger partial charge is 0.492 e. The quantitative estimate of drug-likeness (QED) is 0.788. The molecule has 0 aliphatic carbocycles. The molecule has 0 fully saturated rings. The molecule has 3 heteroatoms. The fourth-order valence-electron chi connectivity index (χ4n) is 1.79. The van der Waals surface area contributed by atoms with Gasteiger partial charge >= 0.3 is 0 Å². The van der Waals surface area contributed by atoms with Crippen molar-refractivity contribution in [3.8, 4) is 5.75 Å². The van der Waals surface area contributed by atoms with Crippen LogP contribution in [-0.2, 0) is 0 Å². The van der Waals surface area contributed by atoms with Crippen LogP contribution < -0.4 is 10.1 Å². The summed E-state index contributed by atoms with van der Waals surface area (Å²) in [7, 11) is 0. The van der Waals surface area contributed by atoms with Gasteiger partial charge in [0.25, 0.3) is 0 Å². The van der Waals surface area contributed by atoms with Crippen LogP contribution in [-0.4, -0.2) is 19.2 Å². The standard InChI is InChI=1S/C14H22FNO/c1-4-6-12(16-5-2)10-17-13-7-8-14(15)11(3)9-13/h7-9,12,16H,4-6,10H2,1-3H3. The van der Waals surface area contributed by atoms with Crippen LogP contribution in [0.15, 0.2) is 18.2 Å². The summed E-state index contributed by atoms with van der Waals surface area (Å²) in [6, 6.07) is 5.24. The number of halogens is 1. The van der Waals surface area contributed by atoms with Gasteiger partial charge in [-0.05, 0) is 43.7 Å². The van der Waals surface area contributed by atoms with Gasteiger partial charge in [-0.15, -0.1) is 0 Å². The molecule has 0 heterocycles. The molecule has 1 aromatic carbocycles. The topological polar surface area (TPSA) is 21.3 Å². The molecule has 1 aromatic rings. The molecule has 0 radical (unpaired) electrons. The summed E-state index contributed by atoms with van der Waals surface area (Å²) in [6.07, 6.45) is 2.22. The third-order valence-corrected chi connectivity index (χ3v) is 2.71. The van der Waals surface area contributed by atoms with Crippen LogP contribution in [0.25, 0.3) is 0 Å². The number of hydrogen-bond donors (Lipinski definition) is 1. The smallest absolute Gasteiger partial charge is 0.126 e. The second-order valence-electron chi connectivity index (χ2n) is 4.27. The molecule has 1 N–H and O–H groups in total. The van der Waals surface area contributed by atoms with E-state index in [0.29, 0.717) is 18.2 Å². The predicted octanol–water partition coefficient (Wildman–Crippen LogP) is 3.29. The van der Waals surface area contributed by atoms with Gasteiger partial charge in [0.15, 0.2) is 0 Å². The number of nitrogens with one attached hydrogen (secondary N) is 1. The molecule has 0 aliphatic rings. The summed E-state index contributed by atoms with van der Waals surface area (Å²) in [5.41, 5.74) is 0.623. The van der Waals surface area contributed by atoms with Gasteiger partial charge in [-0.3, -0.25) is 0 Å². The zero-order chi connectivity index (χ0) is 12.7. The van der Waals surface area contributed by atoms with Crippen LogP contribution in [0.1, 0.15) is 32.3 Å². The first kappa shape index (κ1) is 14.0. The van der Waals surface area contributed by atoms with Crippen molar-refractivity contribution in [1.82, 2.24) is 5.32 Å². The van der Waals surface area contributed by atoms with E-state index in [-0.39, 0.29) is 5.82 Å². The molecule has 0 amide bonds. The number of ether oxygens (including phenoxy) is 1. The average Bonchev–Trinajstić information content (AvgIpc) is 2.31. The lowest BCUT2D eigenvalue weighted by atomic mass is 10.2. The number of rotatable bonds is 7. The van der Waals surface area contributed by atoms with E-state index in [4.69, 9.17) is 4.74 Å². The highest BCUT2D eigenvalue weighted by Gasteiger charge is 2.07. The van der Waals surface area contributed by atoms with Crippen LogP contribution in [0.3, 0.4) is 0 Å². The Bertz CT molecular complexity index is 335. The van der Waals surface area contributed by atoms with Crippen molar-refractivity contribution in [1.29, 1.82) is 0 Å². The van der Waals surface area contributed by atoms with Crippen molar-refractivity contribution in [3.05, 3.63) is 29.6 Å². The number of benzene rings is 1. The molecule has 0 aliphatic heterocycles. The van der Waals surface area contributed by atoms with Crippen molar-refractivity contribution in [2.24, 2.45) is 0 Å². The Morgan fingerprint density at radius 3 is 2.71 bits per heavy atom. The van der Waals surface area contributed by atoms with Crippen LogP contribution in [0, 0.1) is 12.7 Å². The molecule has 1 rings (SSSR count). The number of hydrogen-bond acceptors (Lipinski definition) is 2. The monoisotopic (exact) mass is 239 g/mol. The van der Waals surface area contributed by atoms with Crippen LogP contribution >= 0.6 is 0 Å². The van der Waals surface area contributed by atoms with Gasteiger partial charge in [0.05, 0.1) is 0 Å². The summed E-state index contributed by atoms with van der Waals surface area (Å²) in [5.74, 6) is 0.553. The minimum Gasteiger partial charge on any atom is -0.492 e. The second kappa shape index (κ2) is 7.28. The van der Waals surface area contributed by atoms with E-state index in [9.17, 15) is 4.39 Å². The SMILES string of the molecule is CCCC(COc1ccc(F)c(C)c1)NCC. The highest BCUT2D eigenvalue weighted by molar-refractivity contribution is 5.28. The lowest BCUT2D eigenvalue weighted by Crippen LogP contribution is -2.34. The highest BCUT2D eigenvalue weighted by atomic mass is 19.1. The summed E-state index contributed by atoms with van der Waals surface area (Å²) in [4.78, 5) is 0. The number of aryl methyl sites for hydroxylation is 1. The zero-order valence-electron chi connectivity index (χ0n) is 10.9. The van der Waals surface area contributed by atoms with Gasteiger partial charge in [-0.2, -0.15) is 0 Å². The van der Waals surface area contributed by atoms with Gasteiger partial charge in [-0.1, -0.05) is 20.3 Å². The Kier molecular flexibility index (Phi) is 5.98. The molecule has 1 unspecified atom stereocenters. The molecular formula is C14H22FNO. The Morgan fingerprint density at radius 1 is 1.35 bits per heavy atom. The average molecular weight is 239 g/mol. The molecule has 2 nitrogen and oxygen atoms in total. The van der Waals surface area contributed by atoms with Crippen molar-refractivity contribution >= 4 is 0 Å². The molecule has 1 atom stereocenters. The van der Waals surface area contributed by atoms with Crippen molar-refractivity contribution in [2.45, 2.75) is 39.7 Å². The van der Waals surface area contributed by atoms with E-state index in [1.54, 1.807) is 19.1 Å². The first-order chi connectivity index (χ1) is 8.17. The summed E-state index contributed by atoms with van der Waals surface area (Å²) in [6.45, 7) is 7.57. The van der Waals surface area contributed by atoms with Crippen LogP contribution in [0.2, 0.25) is 0 Å². The van der Waals surface area contributed by atoms with E-state index in [0.717, 1.165) is 25.1 Å². The van der Waals surface area contributed by atoms with E-state index in [1.807, 2.05) is 0 Å². The fraction of sp³-hybridized carbons (Fsp3) is 0.571. The van der Waals surface area contributed by atoms with Gasteiger partial charge in [-0.25, -0.2) is 4.39 Å². The minimum atomic E-state index is -0.186. The maximum atomic E-state index is 13.1. The van der Waals surface area contributed by atoms with E-state index >= 15 is 0 Å². The lowest BCUT2D eigenvalue weighted by Gasteiger charge is -2.18. The van der Waals surface area contributed by atoms with Gasteiger partial charge < -0.3 is 10.1 Å². The van der Waals surface area contributed by atoms with Crippen LogP contribution in [0.4, 0.5) is 4.39 Å². The third-order valence-electron chi connectivity index (χ3n) is 2.71. The second-order valence-corrected chi connectivity index (χ2v) is 4.27. The Morgan fingerprint density at radius 2 is 2.12 bits per heavy atom. The normalized spacial score (nSPS) is 12.5. The van der Waals surface area contributed by atoms with Gasteiger partial charge in [0.1, 0.15) is 18.2 Å². The van der Waals surface area contributed by atoms with Crippen molar-refractivity contribution < 1.29 is 9.13 Å². The molecule has 0 spiro atoms. The summed E-state index contributed by atoms with van der Waals surface area (Å²) < 4.78 is 18.8. The molecule has 0 saturated heterocycles. The maximum Gasteiger partial charge on any atom is 0.126 e. The molecule has 17 heavy (non-hydrogen) atoms. The Labute approximate surface area is 103 Å². The first-order valence-electron chi connectivity index (χ1n) is 6.29. The Hall–Kier alpha value is -1.09. The fourth-order valence-corrected chi connectivity index (χ4v) is 1.79. The van der Waals surface area contributed by atoms with Crippen molar-refractivity contribution in [2.75, 3.05) is 13.2 Å². The first-order valence-corrected chi connectivity index (χ1v) is 6.29. The lowest BCUT2D eigenvalue weighted by molar-refractivity contribution is 0.257. The molecular weight excluding hydrogens is 217 g/mol. The van der Waals surface area contributed by atoms with E-state index < -0.39 is 0 Å². The molecule has 96 valence electrons. The molecule has 0 bridgehead atoms. The Balaban J connectivity index is 2.49. The zero-order valence-corrected chi connectivity index (χ0v) is 10.9. The predicted molar refractivity (Wildman–Crippen MR) is 69.0 cm³/mol. The molecule has 0 saturated carbocycles. The summed E-state index contributed by atoms with van der Waals surface area (Å²) >= 11 is 0. The minimum absolute atomic E-state index is 0.186. The van der Waals surface area contributed by atoms with Crippen LogP contribution in [0.5, 0.6) is 5.75 Å². The van der Waals surface area contributed by atoms with Gasteiger partial charge in [0, 0.05) is 6.04 Å². The third kappa shape index (κ3) is 4.73. The number of likely N-dealkylation sites (N-methyl/N-ethyl adjacent to an activating group) is 1. The van der Waals surface area contributed by atoms with Crippen molar-refractivity contribution in [3.63, 3.8) is 0 Å². The van der Waals surface area contributed by atoms with E-state index in [1.165, 1.54) is 6.07 Å². The maximum absolute atomic E-state index is 13.1. The molecule has 0 aromatic heterocycles. The van der Waals surface area contributed by atoms with E-state index in [2.05, 4.69) is 19.2 Å².